The van der Waals surface area contributed by atoms with Gasteiger partial charge in [0.25, 0.3) is 0 Å². The van der Waals surface area contributed by atoms with E-state index in [0.717, 1.165) is 17.7 Å². The average molecular weight is 254 g/mol. The van der Waals surface area contributed by atoms with Crippen LogP contribution in [0.3, 0.4) is 0 Å². The third-order valence-electron chi connectivity index (χ3n) is 2.88. The molecule has 2 rings (SSSR count). The van der Waals surface area contributed by atoms with Gasteiger partial charge in [-0.25, -0.2) is 0 Å². The summed E-state index contributed by atoms with van der Waals surface area (Å²) in [6, 6.07) is 16.4. The molecule has 0 bridgehead atoms. The van der Waals surface area contributed by atoms with Crippen LogP contribution in [0.2, 0.25) is 0 Å². The summed E-state index contributed by atoms with van der Waals surface area (Å²) < 4.78 is 4.98. The first-order valence-corrected chi connectivity index (χ1v) is 6.51. The van der Waals surface area contributed by atoms with Gasteiger partial charge in [-0.05, 0) is 36.6 Å². The van der Waals surface area contributed by atoms with E-state index in [2.05, 4.69) is 44.7 Å². The lowest BCUT2D eigenvalue weighted by molar-refractivity contribution is 0.415. The Balaban J connectivity index is 0.000000191. The summed E-state index contributed by atoms with van der Waals surface area (Å²) in [5, 5.41) is 0. The van der Waals surface area contributed by atoms with Gasteiger partial charge in [0, 0.05) is 0 Å². The molecule has 1 heteroatoms. The molecular formula is C18H22O. The van der Waals surface area contributed by atoms with Gasteiger partial charge in [0.1, 0.15) is 5.75 Å². The Bertz CT molecular complexity index is 480. The second kappa shape index (κ2) is 8.15. The smallest absolute Gasteiger partial charge is 0.118 e. The largest absolute Gasteiger partial charge is 0.497 e. The molecule has 0 atom stereocenters. The van der Waals surface area contributed by atoms with Crippen molar-refractivity contribution in [2.75, 3.05) is 7.11 Å². The highest BCUT2D eigenvalue weighted by atomic mass is 16.5. The van der Waals surface area contributed by atoms with Crippen LogP contribution in [-0.4, -0.2) is 7.11 Å². The standard InChI is InChI=1S/C9H10O.C9H12/c1-3-8-4-6-9(10-2)7-5-8;1-3-9-6-4-8(2)5-7-9/h3-7H,1H2,2H3;4-7H,3H2,1-2H3. The Kier molecular flexibility index (Phi) is 6.45. The highest BCUT2D eigenvalue weighted by molar-refractivity contribution is 5.48. The van der Waals surface area contributed by atoms with Gasteiger partial charge in [-0.3, -0.25) is 0 Å². The zero-order valence-electron chi connectivity index (χ0n) is 12.0. The molecule has 0 N–H and O–H groups in total. The maximum absolute atomic E-state index is 4.98. The van der Waals surface area contributed by atoms with Gasteiger partial charge in [0.15, 0.2) is 0 Å². The molecule has 0 radical (unpaired) electrons. The molecule has 0 aliphatic heterocycles. The third-order valence-corrected chi connectivity index (χ3v) is 2.88. The summed E-state index contributed by atoms with van der Waals surface area (Å²) in [6.07, 6.45) is 2.94. The fourth-order valence-corrected chi connectivity index (χ4v) is 1.56. The van der Waals surface area contributed by atoms with Crippen molar-refractivity contribution in [2.45, 2.75) is 20.3 Å². The second-order valence-corrected chi connectivity index (χ2v) is 4.32. The predicted molar refractivity (Wildman–Crippen MR) is 83.6 cm³/mol. The highest BCUT2D eigenvalue weighted by Gasteiger charge is 1.87. The number of hydrogen-bond acceptors (Lipinski definition) is 1. The number of hydrogen-bond donors (Lipinski definition) is 0. The molecule has 100 valence electrons. The molecule has 1 nitrogen and oxygen atoms in total. The highest BCUT2D eigenvalue weighted by Crippen LogP contribution is 2.11. The van der Waals surface area contributed by atoms with Gasteiger partial charge in [-0.15, -0.1) is 0 Å². The monoisotopic (exact) mass is 254 g/mol. The lowest BCUT2D eigenvalue weighted by Gasteiger charge is -1.97. The molecule has 0 unspecified atom stereocenters. The zero-order valence-corrected chi connectivity index (χ0v) is 12.0. The SMILES string of the molecule is C=Cc1ccc(OC)cc1.CCc1ccc(C)cc1. The number of methoxy groups -OCH3 is 1. The maximum Gasteiger partial charge on any atom is 0.118 e. The van der Waals surface area contributed by atoms with Crippen molar-refractivity contribution in [1.82, 2.24) is 0 Å². The molecule has 0 saturated carbocycles. The van der Waals surface area contributed by atoms with E-state index in [-0.39, 0.29) is 0 Å². The normalized spacial score (nSPS) is 9.21. The Labute approximate surface area is 116 Å². The van der Waals surface area contributed by atoms with Crippen LogP contribution in [0.25, 0.3) is 6.08 Å². The molecule has 2 aromatic rings. The van der Waals surface area contributed by atoms with Crippen LogP contribution in [0.15, 0.2) is 55.1 Å². The molecule has 0 fully saturated rings. The molecule has 0 heterocycles. The lowest BCUT2D eigenvalue weighted by Crippen LogP contribution is -1.80. The minimum absolute atomic E-state index is 0.880. The first kappa shape index (κ1) is 15.0. The lowest BCUT2D eigenvalue weighted by atomic mass is 10.1. The quantitative estimate of drug-likeness (QED) is 0.757. The van der Waals surface area contributed by atoms with Crippen LogP contribution in [0.1, 0.15) is 23.6 Å². The second-order valence-electron chi connectivity index (χ2n) is 4.32. The molecule has 0 aliphatic carbocycles. The Hall–Kier alpha value is -2.02. The molecular weight excluding hydrogens is 232 g/mol. The van der Waals surface area contributed by atoms with Gasteiger partial charge in [0.2, 0.25) is 0 Å². The first-order chi connectivity index (χ1) is 9.19. The van der Waals surface area contributed by atoms with Crippen LogP contribution >= 0.6 is 0 Å². The topological polar surface area (TPSA) is 9.23 Å². The summed E-state index contributed by atoms with van der Waals surface area (Å²) in [4.78, 5) is 0. The van der Waals surface area contributed by atoms with E-state index in [0.29, 0.717) is 0 Å². The van der Waals surface area contributed by atoms with Crippen molar-refractivity contribution in [3.05, 3.63) is 71.8 Å². The number of rotatable bonds is 3. The Morgan fingerprint density at radius 3 is 2.00 bits per heavy atom. The Morgan fingerprint density at radius 1 is 1.00 bits per heavy atom. The van der Waals surface area contributed by atoms with E-state index in [1.165, 1.54) is 11.1 Å². The molecule has 0 aliphatic rings. The summed E-state index contributed by atoms with van der Waals surface area (Å²) in [6.45, 7) is 7.93. The van der Waals surface area contributed by atoms with E-state index in [1.54, 1.807) is 13.2 Å². The first-order valence-electron chi connectivity index (χ1n) is 6.51. The number of benzene rings is 2. The van der Waals surface area contributed by atoms with Gasteiger partial charge in [-0.1, -0.05) is 61.5 Å². The van der Waals surface area contributed by atoms with Crippen LogP contribution in [0, 0.1) is 6.92 Å². The van der Waals surface area contributed by atoms with Gasteiger partial charge < -0.3 is 4.74 Å². The van der Waals surface area contributed by atoms with Crippen LogP contribution in [0.5, 0.6) is 5.75 Å². The van der Waals surface area contributed by atoms with Crippen molar-refractivity contribution in [1.29, 1.82) is 0 Å². The van der Waals surface area contributed by atoms with Crippen LogP contribution in [0.4, 0.5) is 0 Å². The molecule has 0 spiro atoms. The van der Waals surface area contributed by atoms with E-state index >= 15 is 0 Å². The van der Waals surface area contributed by atoms with E-state index < -0.39 is 0 Å². The summed E-state index contributed by atoms with van der Waals surface area (Å²) in [5.74, 6) is 0.880. The zero-order chi connectivity index (χ0) is 14.1. The molecule has 19 heavy (non-hydrogen) atoms. The maximum atomic E-state index is 4.98. The molecule has 2 aromatic carbocycles. The summed E-state index contributed by atoms with van der Waals surface area (Å²) in [7, 11) is 1.66. The predicted octanol–water partition coefficient (Wildman–Crippen LogP) is 4.90. The van der Waals surface area contributed by atoms with Gasteiger partial charge >= 0.3 is 0 Å². The molecule has 0 aromatic heterocycles. The van der Waals surface area contributed by atoms with Gasteiger partial charge in [-0.2, -0.15) is 0 Å². The minimum atomic E-state index is 0.880. The van der Waals surface area contributed by atoms with Crippen molar-refractivity contribution < 1.29 is 4.74 Å². The third kappa shape index (κ3) is 5.43. The molecule has 0 amide bonds. The minimum Gasteiger partial charge on any atom is -0.497 e. The van der Waals surface area contributed by atoms with E-state index in [9.17, 15) is 0 Å². The molecule has 0 saturated heterocycles. The van der Waals surface area contributed by atoms with Gasteiger partial charge in [0.05, 0.1) is 7.11 Å². The van der Waals surface area contributed by atoms with Crippen molar-refractivity contribution in [2.24, 2.45) is 0 Å². The average Bonchev–Trinajstić information content (AvgIpc) is 2.49. The van der Waals surface area contributed by atoms with Crippen LogP contribution < -0.4 is 4.74 Å². The number of ether oxygens (including phenoxy) is 1. The van der Waals surface area contributed by atoms with Crippen molar-refractivity contribution in [3.8, 4) is 5.75 Å². The Morgan fingerprint density at radius 2 is 1.58 bits per heavy atom. The van der Waals surface area contributed by atoms with E-state index in [4.69, 9.17) is 4.74 Å². The number of aryl methyl sites for hydroxylation is 2. The van der Waals surface area contributed by atoms with E-state index in [1.807, 2.05) is 24.3 Å². The summed E-state index contributed by atoms with van der Waals surface area (Å²) >= 11 is 0. The fraction of sp³-hybridized carbons (Fsp3) is 0.222. The van der Waals surface area contributed by atoms with Crippen LogP contribution in [-0.2, 0) is 6.42 Å². The van der Waals surface area contributed by atoms with Crippen molar-refractivity contribution in [3.63, 3.8) is 0 Å². The van der Waals surface area contributed by atoms with Crippen molar-refractivity contribution >= 4 is 6.08 Å². The summed E-state index contributed by atoms with van der Waals surface area (Å²) in [5.41, 5.74) is 3.87. The fourth-order valence-electron chi connectivity index (χ4n) is 1.56.